The Hall–Kier alpha value is -2.34. The van der Waals surface area contributed by atoms with Crippen LogP contribution in [0, 0.1) is 22.7 Å². The lowest BCUT2D eigenvalue weighted by molar-refractivity contribution is 0.900. The minimum absolute atomic E-state index is 0.0665. The highest BCUT2D eigenvalue weighted by Crippen LogP contribution is 2.07. The first-order valence-corrected chi connectivity index (χ1v) is 3.85. The van der Waals surface area contributed by atoms with Gasteiger partial charge in [-0.25, -0.2) is 4.98 Å². The zero-order chi connectivity index (χ0) is 10.4. The van der Waals surface area contributed by atoms with Crippen LogP contribution in [0.3, 0.4) is 0 Å². The van der Waals surface area contributed by atoms with E-state index in [-0.39, 0.29) is 13.1 Å². The number of rotatable bonds is 3. The van der Waals surface area contributed by atoms with E-state index < -0.39 is 0 Å². The van der Waals surface area contributed by atoms with Crippen LogP contribution in [0.15, 0.2) is 12.3 Å². The highest BCUT2D eigenvalue weighted by molar-refractivity contribution is 5.39. The Balaban J connectivity index is 2.89. The molecule has 70 valence electrons. The molecule has 6 heteroatoms. The zero-order valence-electron chi connectivity index (χ0n) is 7.38. The van der Waals surface area contributed by atoms with Crippen LogP contribution in [0.4, 0.5) is 11.8 Å². The van der Waals surface area contributed by atoms with Crippen LogP contribution in [-0.2, 0) is 0 Å². The SMILES string of the molecule is N#CCN(CC#N)c1nccc(N)n1. The Morgan fingerprint density at radius 1 is 1.36 bits per heavy atom. The van der Waals surface area contributed by atoms with Crippen LogP contribution in [0.25, 0.3) is 0 Å². The molecule has 0 aliphatic heterocycles. The molecule has 0 aliphatic rings. The van der Waals surface area contributed by atoms with Gasteiger partial charge in [-0.1, -0.05) is 0 Å². The Morgan fingerprint density at radius 2 is 2.00 bits per heavy atom. The van der Waals surface area contributed by atoms with Crippen LogP contribution in [-0.4, -0.2) is 23.1 Å². The average molecular weight is 188 g/mol. The normalized spacial score (nSPS) is 8.71. The molecule has 1 rings (SSSR count). The lowest BCUT2D eigenvalue weighted by Gasteiger charge is -2.14. The number of nitrogens with two attached hydrogens (primary N) is 1. The molecule has 0 bridgehead atoms. The monoisotopic (exact) mass is 188 g/mol. The molecule has 0 saturated heterocycles. The maximum Gasteiger partial charge on any atom is 0.228 e. The maximum absolute atomic E-state index is 8.51. The van der Waals surface area contributed by atoms with Crippen molar-refractivity contribution in [3.8, 4) is 12.1 Å². The van der Waals surface area contributed by atoms with Gasteiger partial charge in [-0.15, -0.1) is 0 Å². The Labute approximate surface area is 81.2 Å². The van der Waals surface area contributed by atoms with E-state index in [2.05, 4.69) is 9.97 Å². The van der Waals surface area contributed by atoms with E-state index in [1.54, 1.807) is 6.07 Å². The molecule has 1 heterocycles. The van der Waals surface area contributed by atoms with Gasteiger partial charge in [0.1, 0.15) is 18.9 Å². The van der Waals surface area contributed by atoms with Crippen LogP contribution in [0.2, 0.25) is 0 Å². The number of hydrogen-bond acceptors (Lipinski definition) is 6. The fraction of sp³-hybridized carbons (Fsp3) is 0.250. The fourth-order valence-corrected chi connectivity index (χ4v) is 0.882. The van der Waals surface area contributed by atoms with Crippen LogP contribution in [0.5, 0.6) is 0 Å². The molecule has 0 amide bonds. The van der Waals surface area contributed by atoms with Crippen LogP contribution < -0.4 is 10.6 Å². The van der Waals surface area contributed by atoms with Gasteiger partial charge in [0, 0.05) is 6.20 Å². The Kier molecular flexibility index (Phi) is 3.22. The quantitative estimate of drug-likeness (QED) is 0.665. The lowest BCUT2D eigenvalue weighted by atomic mass is 10.5. The third kappa shape index (κ3) is 2.32. The molecular formula is C8H8N6. The summed E-state index contributed by atoms with van der Waals surface area (Å²) in [6, 6.07) is 5.39. The number of anilines is 2. The van der Waals surface area contributed by atoms with Gasteiger partial charge in [0.25, 0.3) is 0 Å². The van der Waals surface area contributed by atoms with Crippen molar-refractivity contribution in [2.75, 3.05) is 23.7 Å². The molecule has 2 N–H and O–H groups in total. The summed E-state index contributed by atoms with van der Waals surface area (Å²) in [4.78, 5) is 9.25. The van der Waals surface area contributed by atoms with Crippen molar-refractivity contribution >= 4 is 11.8 Å². The predicted molar refractivity (Wildman–Crippen MR) is 49.9 cm³/mol. The fourth-order valence-electron chi connectivity index (χ4n) is 0.882. The van der Waals surface area contributed by atoms with Crippen LogP contribution in [0.1, 0.15) is 0 Å². The lowest BCUT2D eigenvalue weighted by Crippen LogP contribution is -2.26. The van der Waals surface area contributed by atoms with E-state index in [0.29, 0.717) is 11.8 Å². The van der Waals surface area contributed by atoms with Gasteiger partial charge in [0.15, 0.2) is 0 Å². The molecule has 0 aliphatic carbocycles. The number of aromatic nitrogens is 2. The summed E-state index contributed by atoms with van der Waals surface area (Å²) < 4.78 is 0. The number of nitrogen functional groups attached to an aromatic ring is 1. The molecule has 0 atom stereocenters. The first-order valence-electron chi connectivity index (χ1n) is 3.85. The summed E-state index contributed by atoms with van der Waals surface area (Å²) in [5.41, 5.74) is 5.45. The molecule has 0 saturated carbocycles. The summed E-state index contributed by atoms with van der Waals surface area (Å²) in [6.45, 7) is 0.133. The van der Waals surface area contributed by atoms with Gasteiger partial charge in [0.2, 0.25) is 5.95 Å². The van der Waals surface area contributed by atoms with Gasteiger partial charge >= 0.3 is 0 Å². The molecular weight excluding hydrogens is 180 g/mol. The van der Waals surface area contributed by atoms with Crippen molar-refractivity contribution in [1.82, 2.24) is 9.97 Å². The number of hydrogen-bond donors (Lipinski definition) is 1. The number of nitrogens with zero attached hydrogens (tertiary/aromatic N) is 5. The van der Waals surface area contributed by atoms with Crippen LogP contribution >= 0.6 is 0 Å². The summed E-state index contributed by atoms with van der Waals surface area (Å²) in [6.07, 6.45) is 1.49. The summed E-state index contributed by atoms with van der Waals surface area (Å²) >= 11 is 0. The van der Waals surface area contributed by atoms with Gasteiger partial charge < -0.3 is 10.6 Å². The van der Waals surface area contributed by atoms with Crippen molar-refractivity contribution in [3.63, 3.8) is 0 Å². The second-order valence-electron chi connectivity index (χ2n) is 2.45. The highest BCUT2D eigenvalue weighted by atomic mass is 15.2. The molecule has 0 radical (unpaired) electrons. The molecule has 1 aromatic rings. The van der Waals surface area contributed by atoms with Crippen molar-refractivity contribution in [2.45, 2.75) is 0 Å². The largest absolute Gasteiger partial charge is 0.384 e. The first kappa shape index (κ1) is 9.75. The maximum atomic E-state index is 8.51. The molecule has 0 spiro atoms. The minimum Gasteiger partial charge on any atom is -0.384 e. The van der Waals surface area contributed by atoms with E-state index in [9.17, 15) is 0 Å². The predicted octanol–water partition coefficient (Wildman–Crippen LogP) is -0.0876. The topological polar surface area (TPSA) is 103 Å². The van der Waals surface area contributed by atoms with E-state index in [1.165, 1.54) is 11.1 Å². The van der Waals surface area contributed by atoms with Crippen molar-refractivity contribution in [3.05, 3.63) is 12.3 Å². The van der Waals surface area contributed by atoms with Gasteiger partial charge in [-0.2, -0.15) is 15.5 Å². The molecule has 0 fully saturated rings. The molecule has 14 heavy (non-hydrogen) atoms. The molecule has 0 unspecified atom stereocenters. The van der Waals surface area contributed by atoms with Gasteiger partial charge in [0.05, 0.1) is 12.1 Å². The van der Waals surface area contributed by atoms with Gasteiger partial charge in [-0.05, 0) is 6.07 Å². The smallest absolute Gasteiger partial charge is 0.228 e. The molecule has 6 nitrogen and oxygen atoms in total. The Bertz CT molecular complexity index is 372. The summed E-state index contributed by atoms with van der Waals surface area (Å²) in [7, 11) is 0. The average Bonchev–Trinajstić information content (AvgIpc) is 2.17. The standard InChI is InChI=1S/C8H8N6/c9-2-5-14(6-3-10)8-12-4-1-7(11)13-8/h1,4H,5-6H2,(H2,11,12,13). The van der Waals surface area contributed by atoms with E-state index in [1.807, 2.05) is 12.1 Å². The van der Waals surface area contributed by atoms with Crippen molar-refractivity contribution in [1.29, 1.82) is 10.5 Å². The first-order chi connectivity index (χ1) is 6.77. The second-order valence-corrected chi connectivity index (χ2v) is 2.45. The number of nitriles is 2. The Morgan fingerprint density at radius 3 is 2.50 bits per heavy atom. The zero-order valence-corrected chi connectivity index (χ0v) is 7.38. The highest BCUT2D eigenvalue weighted by Gasteiger charge is 2.07. The van der Waals surface area contributed by atoms with E-state index >= 15 is 0 Å². The summed E-state index contributed by atoms with van der Waals surface area (Å²) in [5, 5.41) is 17.0. The summed E-state index contributed by atoms with van der Waals surface area (Å²) in [5.74, 6) is 0.615. The molecule has 0 aromatic carbocycles. The minimum atomic E-state index is 0.0665. The second kappa shape index (κ2) is 4.63. The third-order valence-electron chi connectivity index (χ3n) is 1.47. The third-order valence-corrected chi connectivity index (χ3v) is 1.47. The van der Waals surface area contributed by atoms with E-state index in [4.69, 9.17) is 16.3 Å². The van der Waals surface area contributed by atoms with Gasteiger partial charge in [-0.3, -0.25) is 0 Å². The van der Waals surface area contributed by atoms with Crippen molar-refractivity contribution in [2.24, 2.45) is 0 Å². The van der Waals surface area contributed by atoms with Crippen molar-refractivity contribution < 1.29 is 0 Å². The molecule has 1 aromatic heterocycles. The van der Waals surface area contributed by atoms with E-state index in [0.717, 1.165) is 0 Å².